The van der Waals surface area contributed by atoms with Gasteiger partial charge < -0.3 is 15.2 Å². The largest absolute Gasteiger partial charge is 0.396 e. The number of nitrogens with one attached hydrogen (secondary N) is 1. The van der Waals surface area contributed by atoms with E-state index in [1.165, 1.54) is 6.42 Å². The van der Waals surface area contributed by atoms with Crippen LogP contribution in [-0.2, 0) is 4.74 Å². The van der Waals surface area contributed by atoms with Crippen molar-refractivity contribution in [3.8, 4) is 0 Å². The first-order valence-electron chi connectivity index (χ1n) is 6.31. The van der Waals surface area contributed by atoms with Crippen LogP contribution in [0.2, 0.25) is 0 Å². The van der Waals surface area contributed by atoms with Crippen molar-refractivity contribution in [2.45, 2.75) is 38.0 Å². The Hall–Kier alpha value is 0.230. The van der Waals surface area contributed by atoms with Crippen LogP contribution in [0.15, 0.2) is 0 Å². The Morgan fingerprint density at radius 2 is 2.38 bits per heavy atom. The summed E-state index contributed by atoms with van der Waals surface area (Å²) in [6.07, 6.45) is 2.30. The summed E-state index contributed by atoms with van der Waals surface area (Å²) in [5.41, 5.74) is 0. The zero-order chi connectivity index (χ0) is 11.8. The topological polar surface area (TPSA) is 41.5 Å². The van der Waals surface area contributed by atoms with Crippen LogP contribution in [0.5, 0.6) is 0 Å². The molecule has 3 atom stereocenters. The zero-order valence-corrected chi connectivity index (χ0v) is 11.3. The van der Waals surface area contributed by atoms with Gasteiger partial charge >= 0.3 is 0 Å². The molecule has 0 saturated carbocycles. The first kappa shape index (κ1) is 14.3. The number of thioether (sulfide) groups is 1. The predicted molar refractivity (Wildman–Crippen MR) is 70.0 cm³/mol. The molecule has 1 rings (SSSR count). The summed E-state index contributed by atoms with van der Waals surface area (Å²) in [7, 11) is 0. The molecule has 0 spiro atoms. The van der Waals surface area contributed by atoms with Crippen LogP contribution in [0, 0.1) is 5.92 Å². The van der Waals surface area contributed by atoms with Gasteiger partial charge in [0.1, 0.15) is 0 Å². The molecule has 1 fully saturated rings. The van der Waals surface area contributed by atoms with E-state index in [-0.39, 0.29) is 6.61 Å². The minimum absolute atomic E-state index is 0.285. The third kappa shape index (κ3) is 5.04. The van der Waals surface area contributed by atoms with Crippen molar-refractivity contribution in [3.63, 3.8) is 0 Å². The van der Waals surface area contributed by atoms with Gasteiger partial charge in [0.2, 0.25) is 0 Å². The molecule has 3 unspecified atom stereocenters. The minimum atomic E-state index is 0.285. The number of hydrogen-bond donors (Lipinski definition) is 2. The van der Waals surface area contributed by atoms with Crippen molar-refractivity contribution in [3.05, 3.63) is 0 Å². The summed E-state index contributed by atoms with van der Waals surface area (Å²) < 4.78 is 5.53. The molecule has 1 heterocycles. The summed E-state index contributed by atoms with van der Waals surface area (Å²) in [6.45, 7) is 7.40. The molecule has 1 aliphatic rings. The number of aliphatic hydroxyl groups is 1. The van der Waals surface area contributed by atoms with Gasteiger partial charge in [-0.1, -0.05) is 13.8 Å². The van der Waals surface area contributed by atoms with Crippen molar-refractivity contribution in [1.29, 1.82) is 0 Å². The van der Waals surface area contributed by atoms with Crippen LogP contribution in [0.25, 0.3) is 0 Å². The minimum Gasteiger partial charge on any atom is -0.396 e. The van der Waals surface area contributed by atoms with E-state index < -0.39 is 0 Å². The first-order valence-corrected chi connectivity index (χ1v) is 7.36. The highest BCUT2D eigenvalue weighted by Gasteiger charge is 2.25. The molecule has 0 aromatic heterocycles. The SMILES string of the molecule is CCCNC1CCOCC1SCC(C)CO. The molecule has 16 heavy (non-hydrogen) atoms. The molecule has 0 aromatic rings. The second-order valence-corrected chi connectivity index (χ2v) is 5.86. The van der Waals surface area contributed by atoms with E-state index in [1.807, 2.05) is 11.8 Å². The van der Waals surface area contributed by atoms with E-state index in [1.54, 1.807) is 0 Å². The molecule has 0 amide bonds. The molecule has 1 saturated heterocycles. The maximum absolute atomic E-state index is 9.01. The van der Waals surface area contributed by atoms with Crippen molar-refractivity contribution in [2.75, 3.05) is 32.1 Å². The standard InChI is InChI=1S/C12H25NO2S/c1-3-5-13-11-4-6-15-8-12(11)16-9-10(2)7-14/h10-14H,3-9H2,1-2H3. The average molecular weight is 247 g/mol. The molecular formula is C12H25NO2S. The Morgan fingerprint density at radius 3 is 3.06 bits per heavy atom. The Kier molecular flexibility index (Phi) is 7.45. The molecule has 1 aliphatic heterocycles. The summed E-state index contributed by atoms with van der Waals surface area (Å²) in [6, 6.07) is 0.588. The lowest BCUT2D eigenvalue weighted by molar-refractivity contribution is 0.0832. The zero-order valence-electron chi connectivity index (χ0n) is 10.4. The summed E-state index contributed by atoms with van der Waals surface area (Å²) in [5.74, 6) is 1.41. The number of hydrogen-bond acceptors (Lipinski definition) is 4. The molecule has 4 heteroatoms. The highest BCUT2D eigenvalue weighted by molar-refractivity contribution is 8.00. The van der Waals surface area contributed by atoms with Crippen LogP contribution >= 0.6 is 11.8 Å². The summed E-state index contributed by atoms with van der Waals surface area (Å²) in [4.78, 5) is 0. The van der Waals surface area contributed by atoms with Crippen LogP contribution in [0.1, 0.15) is 26.7 Å². The normalized spacial score (nSPS) is 27.9. The van der Waals surface area contributed by atoms with Crippen molar-refractivity contribution in [2.24, 2.45) is 5.92 Å². The van der Waals surface area contributed by atoms with Gasteiger partial charge in [-0.25, -0.2) is 0 Å². The lowest BCUT2D eigenvalue weighted by Crippen LogP contribution is -2.45. The molecule has 3 nitrogen and oxygen atoms in total. The summed E-state index contributed by atoms with van der Waals surface area (Å²) in [5, 5.41) is 13.2. The fraction of sp³-hybridized carbons (Fsp3) is 1.00. The molecule has 0 aromatic carbocycles. The second-order valence-electron chi connectivity index (χ2n) is 4.58. The fourth-order valence-corrected chi connectivity index (χ4v) is 3.12. The number of ether oxygens (including phenoxy) is 1. The van der Waals surface area contributed by atoms with E-state index >= 15 is 0 Å². The molecular weight excluding hydrogens is 222 g/mol. The average Bonchev–Trinajstić information content (AvgIpc) is 2.34. The third-order valence-electron chi connectivity index (χ3n) is 2.87. The van der Waals surface area contributed by atoms with Crippen LogP contribution in [-0.4, -0.2) is 48.5 Å². The smallest absolute Gasteiger partial charge is 0.0600 e. The molecule has 2 N–H and O–H groups in total. The van der Waals surface area contributed by atoms with Gasteiger partial charge in [0.25, 0.3) is 0 Å². The number of aliphatic hydroxyl groups excluding tert-OH is 1. The van der Waals surface area contributed by atoms with Crippen molar-refractivity contribution < 1.29 is 9.84 Å². The highest BCUT2D eigenvalue weighted by atomic mass is 32.2. The Morgan fingerprint density at radius 1 is 1.56 bits per heavy atom. The first-order chi connectivity index (χ1) is 7.77. The lowest BCUT2D eigenvalue weighted by atomic mass is 10.1. The van der Waals surface area contributed by atoms with E-state index in [2.05, 4.69) is 19.2 Å². The van der Waals surface area contributed by atoms with Gasteiger partial charge in [0.15, 0.2) is 0 Å². The van der Waals surface area contributed by atoms with Gasteiger partial charge in [0, 0.05) is 24.5 Å². The highest BCUT2D eigenvalue weighted by Crippen LogP contribution is 2.23. The van der Waals surface area contributed by atoms with Crippen LogP contribution < -0.4 is 5.32 Å². The predicted octanol–water partition coefficient (Wildman–Crippen LogP) is 1.51. The van der Waals surface area contributed by atoms with Gasteiger partial charge in [-0.05, 0) is 31.1 Å². The summed E-state index contributed by atoms with van der Waals surface area (Å²) >= 11 is 1.94. The van der Waals surface area contributed by atoms with Crippen molar-refractivity contribution in [1.82, 2.24) is 5.32 Å². The van der Waals surface area contributed by atoms with E-state index in [9.17, 15) is 0 Å². The fourth-order valence-electron chi connectivity index (χ4n) is 1.78. The maximum Gasteiger partial charge on any atom is 0.0600 e. The van der Waals surface area contributed by atoms with Gasteiger partial charge in [-0.2, -0.15) is 11.8 Å². The molecule has 0 bridgehead atoms. The maximum atomic E-state index is 9.01. The van der Waals surface area contributed by atoms with Crippen molar-refractivity contribution >= 4 is 11.8 Å². The Labute approximate surface area is 103 Å². The van der Waals surface area contributed by atoms with E-state index in [0.717, 1.165) is 31.9 Å². The second kappa shape index (κ2) is 8.34. The molecule has 96 valence electrons. The van der Waals surface area contributed by atoms with Gasteiger partial charge in [0.05, 0.1) is 6.61 Å². The molecule has 0 radical (unpaired) electrons. The molecule has 0 aliphatic carbocycles. The van der Waals surface area contributed by atoms with Crippen LogP contribution in [0.3, 0.4) is 0 Å². The lowest BCUT2D eigenvalue weighted by Gasteiger charge is -2.32. The van der Waals surface area contributed by atoms with Gasteiger partial charge in [-0.15, -0.1) is 0 Å². The third-order valence-corrected chi connectivity index (χ3v) is 4.52. The van der Waals surface area contributed by atoms with Crippen LogP contribution in [0.4, 0.5) is 0 Å². The number of rotatable bonds is 7. The Balaban J connectivity index is 2.28. The van der Waals surface area contributed by atoms with E-state index in [4.69, 9.17) is 9.84 Å². The Bertz CT molecular complexity index is 180. The van der Waals surface area contributed by atoms with Gasteiger partial charge in [-0.3, -0.25) is 0 Å². The monoisotopic (exact) mass is 247 g/mol. The van der Waals surface area contributed by atoms with E-state index in [0.29, 0.717) is 17.2 Å². The quantitative estimate of drug-likeness (QED) is 0.715.